The summed E-state index contributed by atoms with van der Waals surface area (Å²) in [5, 5.41) is 2.79. The summed E-state index contributed by atoms with van der Waals surface area (Å²) in [6.07, 6.45) is 1.08. The van der Waals surface area contributed by atoms with Gasteiger partial charge in [-0.15, -0.1) is 0 Å². The van der Waals surface area contributed by atoms with Crippen molar-refractivity contribution in [1.82, 2.24) is 4.98 Å². The maximum Gasteiger partial charge on any atom is 0.274 e. The number of aromatic nitrogens is 1. The first-order chi connectivity index (χ1) is 9.77. The van der Waals surface area contributed by atoms with Crippen molar-refractivity contribution in [2.75, 3.05) is 11.6 Å². The van der Waals surface area contributed by atoms with Gasteiger partial charge < -0.3 is 5.32 Å². The van der Waals surface area contributed by atoms with Gasteiger partial charge >= 0.3 is 0 Å². The van der Waals surface area contributed by atoms with Gasteiger partial charge in [-0.2, -0.15) is 0 Å². The van der Waals surface area contributed by atoms with Crippen LogP contribution in [-0.2, 0) is 9.84 Å². The SMILES string of the molecule is CS(=O)(=O)c1ccc(Cl)c(NC(=O)c2cccc(Br)n2)c1. The van der Waals surface area contributed by atoms with E-state index >= 15 is 0 Å². The number of sulfone groups is 1. The molecule has 8 heteroatoms. The van der Waals surface area contributed by atoms with Gasteiger partial charge in [-0.05, 0) is 46.3 Å². The molecule has 0 radical (unpaired) electrons. The predicted molar refractivity (Wildman–Crippen MR) is 84.5 cm³/mol. The maximum atomic E-state index is 12.1. The van der Waals surface area contributed by atoms with E-state index in [2.05, 4.69) is 26.2 Å². The molecule has 0 saturated heterocycles. The molecule has 0 aliphatic rings. The molecular formula is C13H10BrClN2O3S. The van der Waals surface area contributed by atoms with Gasteiger partial charge in [0.25, 0.3) is 5.91 Å². The van der Waals surface area contributed by atoms with E-state index < -0.39 is 15.7 Å². The van der Waals surface area contributed by atoms with Crippen LogP contribution in [0.4, 0.5) is 5.69 Å². The molecule has 21 heavy (non-hydrogen) atoms. The van der Waals surface area contributed by atoms with Crippen LogP contribution >= 0.6 is 27.5 Å². The highest BCUT2D eigenvalue weighted by Crippen LogP contribution is 2.25. The minimum absolute atomic E-state index is 0.0735. The maximum absolute atomic E-state index is 12.1. The summed E-state index contributed by atoms with van der Waals surface area (Å²) in [4.78, 5) is 16.2. The molecule has 0 aliphatic heterocycles. The molecule has 2 aromatic rings. The molecule has 0 fully saturated rings. The van der Waals surface area contributed by atoms with Crippen LogP contribution in [0, 0.1) is 0 Å². The van der Waals surface area contributed by atoms with E-state index in [0.29, 0.717) is 4.60 Å². The lowest BCUT2D eigenvalue weighted by Crippen LogP contribution is -2.14. The molecule has 0 saturated carbocycles. The second-order valence-corrected chi connectivity index (χ2v) is 7.45. The number of hydrogen-bond donors (Lipinski definition) is 1. The van der Waals surface area contributed by atoms with Crippen molar-refractivity contribution < 1.29 is 13.2 Å². The zero-order chi connectivity index (χ0) is 15.6. The molecule has 110 valence electrons. The Hall–Kier alpha value is -1.44. The van der Waals surface area contributed by atoms with Gasteiger partial charge in [0, 0.05) is 6.26 Å². The Kier molecular flexibility index (Phi) is 4.65. The number of nitrogens with one attached hydrogen (secondary N) is 1. The van der Waals surface area contributed by atoms with Gasteiger partial charge in [-0.1, -0.05) is 17.7 Å². The molecule has 0 aliphatic carbocycles. The zero-order valence-corrected chi connectivity index (χ0v) is 14.0. The summed E-state index contributed by atoms with van der Waals surface area (Å²) in [6.45, 7) is 0. The smallest absolute Gasteiger partial charge is 0.274 e. The number of halogens is 2. The van der Waals surface area contributed by atoms with Gasteiger partial charge in [0.15, 0.2) is 9.84 Å². The first kappa shape index (κ1) is 15.9. The third-order valence-electron chi connectivity index (χ3n) is 2.56. The summed E-state index contributed by atoms with van der Waals surface area (Å²) < 4.78 is 23.6. The predicted octanol–water partition coefficient (Wildman–Crippen LogP) is 3.15. The van der Waals surface area contributed by atoms with Crippen molar-refractivity contribution in [3.8, 4) is 0 Å². The van der Waals surface area contributed by atoms with Crippen molar-refractivity contribution in [3.63, 3.8) is 0 Å². The average molecular weight is 390 g/mol. The van der Waals surface area contributed by atoms with Crippen LogP contribution < -0.4 is 5.32 Å². The monoisotopic (exact) mass is 388 g/mol. The van der Waals surface area contributed by atoms with Crippen LogP contribution in [-0.4, -0.2) is 25.6 Å². The standard InChI is InChI=1S/C13H10BrClN2O3S/c1-21(19,20)8-5-6-9(15)11(7-8)17-13(18)10-3-2-4-12(14)16-10/h2-7H,1H3,(H,17,18). The molecule has 1 N–H and O–H groups in total. The molecule has 1 aromatic carbocycles. The van der Waals surface area contributed by atoms with E-state index in [1.807, 2.05) is 0 Å². The molecular weight excluding hydrogens is 380 g/mol. The summed E-state index contributed by atoms with van der Waals surface area (Å²) >= 11 is 9.14. The van der Waals surface area contributed by atoms with E-state index in [1.54, 1.807) is 12.1 Å². The van der Waals surface area contributed by atoms with Crippen LogP contribution in [0.5, 0.6) is 0 Å². The van der Waals surface area contributed by atoms with E-state index in [1.165, 1.54) is 24.3 Å². The molecule has 0 atom stereocenters. The molecule has 0 bridgehead atoms. The zero-order valence-electron chi connectivity index (χ0n) is 10.8. The summed E-state index contributed by atoms with van der Waals surface area (Å²) in [5.74, 6) is -0.483. The number of benzene rings is 1. The summed E-state index contributed by atoms with van der Waals surface area (Å²) in [6, 6.07) is 9.00. The van der Waals surface area contributed by atoms with Crippen LogP contribution in [0.1, 0.15) is 10.5 Å². The number of anilines is 1. The average Bonchev–Trinajstić information content (AvgIpc) is 2.40. The molecule has 1 amide bonds. The highest BCUT2D eigenvalue weighted by atomic mass is 79.9. The Bertz CT molecular complexity index is 809. The molecule has 0 unspecified atom stereocenters. The lowest BCUT2D eigenvalue weighted by molar-refractivity contribution is 0.102. The van der Waals surface area contributed by atoms with Crippen LogP contribution in [0.25, 0.3) is 0 Å². The highest BCUT2D eigenvalue weighted by molar-refractivity contribution is 9.10. The first-order valence-corrected chi connectivity index (χ1v) is 8.77. The lowest BCUT2D eigenvalue weighted by atomic mass is 10.3. The number of rotatable bonds is 3. The Morgan fingerprint density at radius 2 is 2.00 bits per heavy atom. The number of nitrogens with zero attached hydrogens (tertiary/aromatic N) is 1. The Morgan fingerprint density at radius 1 is 1.29 bits per heavy atom. The quantitative estimate of drug-likeness (QED) is 0.818. The number of pyridine rings is 1. The fraction of sp³-hybridized carbons (Fsp3) is 0.0769. The second kappa shape index (κ2) is 6.13. The van der Waals surface area contributed by atoms with Gasteiger partial charge in [-0.3, -0.25) is 4.79 Å². The minimum Gasteiger partial charge on any atom is -0.319 e. The third-order valence-corrected chi connectivity index (χ3v) is 4.44. The van der Waals surface area contributed by atoms with Crippen molar-refractivity contribution >= 4 is 49.0 Å². The van der Waals surface area contributed by atoms with Gasteiger partial charge in [0.1, 0.15) is 10.3 Å². The Balaban J connectivity index is 2.33. The molecule has 0 spiro atoms. The van der Waals surface area contributed by atoms with E-state index in [4.69, 9.17) is 11.6 Å². The third kappa shape index (κ3) is 4.03. The minimum atomic E-state index is -3.38. The molecule has 1 heterocycles. The topological polar surface area (TPSA) is 76.1 Å². The van der Waals surface area contributed by atoms with Gasteiger partial charge in [0.2, 0.25) is 0 Å². The number of amides is 1. The largest absolute Gasteiger partial charge is 0.319 e. The van der Waals surface area contributed by atoms with Crippen LogP contribution in [0.3, 0.4) is 0 Å². The van der Waals surface area contributed by atoms with Crippen LogP contribution in [0.15, 0.2) is 45.9 Å². The fourth-order valence-corrected chi connectivity index (χ4v) is 2.71. The molecule has 1 aromatic heterocycles. The Labute approximate surface area is 135 Å². The number of carbonyl (C=O) groups excluding carboxylic acids is 1. The summed E-state index contributed by atoms with van der Waals surface area (Å²) in [5.41, 5.74) is 0.400. The fourth-order valence-electron chi connectivity index (χ4n) is 1.55. The van der Waals surface area contributed by atoms with Crippen molar-refractivity contribution in [2.24, 2.45) is 0 Å². The van der Waals surface area contributed by atoms with E-state index in [9.17, 15) is 13.2 Å². The lowest BCUT2D eigenvalue weighted by Gasteiger charge is -2.08. The molecule has 2 rings (SSSR count). The second-order valence-electron chi connectivity index (χ2n) is 4.21. The van der Waals surface area contributed by atoms with Gasteiger partial charge in [0.05, 0.1) is 15.6 Å². The first-order valence-electron chi connectivity index (χ1n) is 5.71. The van der Waals surface area contributed by atoms with Crippen molar-refractivity contribution in [1.29, 1.82) is 0 Å². The van der Waals surface area contributed by atoms with Crippen LogP contribution in [0.2, 0.25) is 5.02 Å². The summed E-state index contributed by atoms with van der Waals surface area (Å²) in [7, 11) is -3.38. The van der Waals surface area contributed by atoms with Gasteiger partial charge in [-0.25, -0.2) is 13.4 Å². The normalized spacial score (nSPS) is 11.2. The van der Waals surface area contributed by atoms with E-state index in [-0.39, 0.29) is 21.3 Å². The highest BCUT2D eigenvalue weighted by Gasteiger charge is 2.14. The van der Waals surface area contributed by atoms with Crippen molar-refractivity contribution in [3.05, 3.63) is 51.7 Å². The number of carbonyl (C=O) groups is 1. The Morgan fingerprint density at radius 3 is 2.62 bits per heavy atom. The van der Waals surface area contributed by atoms with Crippen molar-refractivity contribution in [2.45, 2.75) is 4.90 Å². The number of hydrogen-bond acceptors (Lipinski definition) is 4. The van der Waals surface area contributed by atoms with E-state index in [0.717, 1.165) is 6.26 Å². The molecule has 5 nitrogen and oxygen atoms in total.